The Labute approximate surface area is 98.0 Å². The van der Waals surface area contributed by atoms with Crippen LogP contribution < -0.4 is 11.1 Å². The lowest BCUT2D eigenvalue weighted by Crippen LogP contribution is -2.54. The summed E-state index contributed by atoms with van der Waals surface area (Å²) in [6.45, 7) is 1.45. The number of nitrogens with zero attached hydrogens (tertiary/aromatic N) is 1. The highest BCUT2D eigenvalue weighted by Crippen LogP contribution is 2.15. The van der Waals surface area contributed by atoms with Crippen molar-refractivity contribution in [1.29, 1.82) is 0 Å². The quantitative estimate of drug-likeness (QED) is 0.773. The monoisotopic (exact) mass is 241 g/mol. The van der Waals surface area contributed by atoms with Gasteiger partial charge in [-0.25, -0.2) is 4.98 Å². The number of ether oxygens (including phenoxy) is 1. The number of carbonyl (C=O) groups is 1. The number of nitrogens with one attached hydrogen (secondary N) is 1. The van der Waals surface area contributed by atoms with Gasteiger partial charge < -0.3 is 15.8 Å². The van der Waals surface area contributed by atoms with Crippen molar-refractivity contribution in [3.05, 3.63) is 16.6 Å². The summed E-state index contributed by atoms with van der Waals surface area (Å²) in [6.07, 6.45) is 1.34. The van der Waals surface area contributed by atoms with Crippen LogP contribution in [-0.2, 0) is 16.0 Å². The van der Waals surface area contributed by atoms with Gasteiger partial charge >= 0.3 is 0 Å². The van der Waals surface area contributed by atoms with Gasteiger partial charge in [-0.2, -0.15) is 0 Å². The molecule has 5 nitrogen and oxygen atoms in total. The molecule has 1 aliphatic rings. The van der Waals surface area contributed by atoms with Crippen molar-refractivity contribution in [2.45, 2.75) is 18.4 Å². The summed E-state index contributed by atoms with van der Waals surface area (Å²) in [7, 11) is 0. The fourth-order valence-electron chi connectivity index (χ4n) is 1.60. The van der Waals surface area contributed by atoms with Crippen LogP contribution in [0.1, 0.15) is 12.1 Å². The fraction of sp³-hybridized carbons (Fsp3) is 0.600. The second kappa shape index (κ2) is 4.90. The first-order valence-electron chi connectivity index (χ1n) is 5.23. The van der Waals surface area contributed by atoms with Gasteiger partial charge in [-0.3, -0.25) is 4.79 Å². The zero-order valence-corrected chi connectivity index (χ0v) is 9.76. The van der Waals surface area contributed by atoms with E-state index in [2.05, 4.69) is 10.3 Å². The molecule has 1 aliphatic heterocycles. The van der Waals surface area contributed by atoms with E-state index in [0.717, 1.165) is 12.1 Å². The molecule has 16 heavy (non-hydrogen) atoms. The molecule has 6 heteroatoms. The number of nitrogens with two attached hydrogens (primary N) is 1. The maximum atomic E-state index is 11.8. The topological polar surface area (TPSA) is 77.2 Å². The average Bonchev–Trinajstić information content (AvgIpc) is 2.90. The summed E-state index contributed by atoms with van der Waals surface area (Å²) in [5.41, 5.74) is 7.86. The molecule has 2 heterocycles. The lowest BCUT2D eigenvalue weighted by molar-refractivity contribution is -0.126. The Bertz CT molecular complexity index is 347. The molecule has 1 saturated heterocycles. The van der Waals surface area contributed by atoms with Gasteiger partial charge in [-0.05, 0) is 6.42 Å². The van der Waals surface area contributed by atoms with Gasteiger partial charge in [-0.1, -0.05) is 0 Å². The van der Waals surface area contributed by atoms with Crippen LogP contribution in [0, 0.1) is 0 Å². The van der Waals surface area contributed by atoms with E-state index in [1.807, 2.05) is 5.38 Å². The Morgan fingerprint density at radius 3 is 3.25 bits per heavy atom. The summed E-state index contributed by atoms with van der Waals surface area (Å²) in [5, 5.41) is 4.80. The van der Waals surface area contributed by atoms with Crippen LogP contribution in [-0.4, -0.2) is 36.2 Å². The molecule has 3 N–H and O–H groups in total. The summed E-state index contributed by atoms with van der Waals surface area (Å²) < 4.78 is 5.14. The molecule has 0 aliphatic carbocycles. The lowest BCUT2D eigenvalue weighted by Gasteiger charge is -2.20. The Balaban J connectivity index is 1.75. The Kier molecular flexibility index (Phi) is 3.52. The number of hydrogen-bond donors (Lipinski definition) is 2. The number of carbonyl (C=O) groups excluding carboxylic acids is 1. The van der Waals surface area contributed by atoms with Gasteiger partial charge in [0.15, 0.2) is 0 Å². The molecule has 0 saturated carbocycles. The van der Waals surface area contributed by atoms with Gasteiger partial charge in [0.25, 0.3) is 0 Å². The zero-order valence-electron chi connectivity index (χ0n) is 8.94. The SMILES string of the molecule is NC1(C(=O)NCCc2cscn2)CCOC1. The van der Waals surface area contributed by atoms with Gasteiger partial charge in [0.05, 0.1) is 17.8 Å². The van der Waals surface area contributed by atoms with Crippen molar-refractivity contribution < 1.29 is 9.53 Å². The molecular weight excluding hydrogens is 226 g/mol. The van der Waals surface area contributed by atoms with Crippen LogP contribution in [0.3, 0.4) is 0 Å². The Morgan fingerprint density at radius 1 is 1.75 bits per heavy atom. The lowest BCUT2D eigenvalue weighted by atomic mass is 9.99. The molecule has 0 radical (unpaired) electrons. The molecule has 0 bridgehead atoms. The van der Waals surface area contributed by atoms with Crippen molar-refractivity contribution in [3.8, 4) is 0 Å². The van der Waals surface area contributed by atoms with E-state index in [-0.39, 0.29) is 5.91 Å². The smallest absolute Gasteiger partial charge is 0.242 e. The van der Waals surface area contributed by atoms with E-state index >= 15 is 0 Å². The second-order valence-electron chi connectivity index (χ2n) is 3.94. The van der Waals surface area contributed by atoms with Crippen molar-refractivity contribution in [3.63, 3.8) is 0 Å². The maximum Gasteiger partial charge on any atom is 0.242 e. The normalized spacial score (nSPS) is 24.6. The first-order chi connectivity index (χ1) is 7.71. The van der Waals surface area contributed by atoms with Crippen LogP contribution in [0.2, 0.25) is 0 Å². The summed E-state index contributed by atoms with van der Waals surface area (Å²) in [5.74, 6) is -0.125. The third-order valence-electron chi connectivity index (χ3n) is 2.65. The largest absolute Gasteiger partial charge is 0.379 e. The minimum Gasteiger partial charge on any atom is -0.379 e. The first-order valence-corrected chi connectivity index (χ1v) is 6.17. The first kappa shape index (κ1) is 11.5. The summed E-state index contributed by atoms with van der Waals surface area (Å²) >= 11 is 1.55. The van der Waals surface area contributed by atoms with E-state index in [9.17, 15) is 4.79 Å². The van der Waals surface area contributed by atoms with E-state index in [4.69, 9.17) is 10.5 Å². The van der Waals surface area contributed by atoms with Gasteiger partial charge in [0.1, 0.15) is 5.54 Å². The molecule has 1 atom stereocenters. The third-order valence-corrected chi connectivity index (χ3v) is 3.29. The van der Waals surface area contributed by atoms with Crippen molar-refractivity contribution >= 4 is 17.2 Å². The molecule has 0 spiro atoms. The predicted molar refractivity (Wildman–Crippen MR) is 61.2 cm³/mol. The minimum atomic E-state index is -0.831. The summed E-state index contributed by atoms with van der Waals surface area (Å²) in [4.78, 5) is 15.9. The molecule has 88 valence electrons. The van der Waals surface area contributed by atoms with Crippen molar-refractivity contribution in [2.75, 3.05) is 19.8 Å². The number of hydrogen-bond acceptors (Lipinski definition) is 5. The van der Waals surface area contributed by atoms with Crippen molar-refractivity contribution in [2.24, 2.45) is 5.73 Å². The molecule has 1 fully saturated rings. The van der Waals surface area contributed by atoms with Crippen LogP contribution in [0.25, 0.3) is 0 Å². The Hall–Kier alpha value is -0.980. The molecule has 1 amide bonds. The van der Waals surface area contributed by atoms with E-state index in [0.29, 0.717) is 26.2 Å². The highest BCUT2D eigenvalue weighted by Gasteiger charge is 2.37. The zero-order chi connectivity index (χ0) is 11.4. The van der Waals surface area contributed by atoms with E-state index in [1.165, 1.54) is 0 Å². The molecule has 2 rings (SSSR count). The van der Waals surface area contributed by atoms with Crippen LogP contribution in [0.15, 0.2) is 10.9 Å². The van der Waals surface area contributed by atoms with E-state index < -0.39 is 5.54 Å². The average molecular weight is 241 g/mol. The van der Waals surface area contributed by atoms with Gasteiger partial charge in [0.2, 0.25) is 5.91 Å². The fourth-order valence-corrected chi connectivity index (χ4v) is 2.19. The molecular formula is C10H15N3O2S. The second-order valence-corrected chi connectivity index (χ2v) is 4.66. The van der Waals surface area contributed by atoms with Crippen molar-refractivity contribution in [1.82, 2.24) is 10.3 Å². The van der Waals surface area contributed by atoms with Crippen LogP contribution in [0.4, 0.5) is 0 Å². The number of amides is 1. The summed E-state index contributed by atoms with van der Waals surface area (Å²) in [6, 6.07) is 0. The maximum absolute atomic E-state index is 11.8. The van der Waals surface area contributed by atoms with Crippen LogP contribution >= 0.6 is 11.3 Å². The molecule has 1 aromatic heterocycles. The third kappa shape index (κ3) is 2.58. The highest BCUT2D eigenvalue weighted by atomic mass is 32.1. The molecule has 1 unspecified atom stereocenters. The highest BCUT2D eigenvalue weighted by molar-refractivity contribution is 7.07. The predicted octanol–water partition coefficient (Wildman–Crippen LogP) is -0.0804. The standard InChI is InChI=1S/C10H15N3O2S/c11-10(2-4-15-6-10)9(14)12-3-1-8-5-16-7-13-8/h5,7H,1-4,6,11H2,(H,12,14). The number of thiazole rings is 1. The molecule has 1 aromatic rings. The molecule has 0 aromatic carbocycles. The number of rotatable bonds is 4. The number of aromatic nitrogens is 1. The minimum absolute atomic E-state index is 0.125. The van der Waals surface area contributed by atoms with E-state index in [1.54, 1.807) is 16.8 Å². The van der Waals surface area contributed by atoms with Gasteiger partial charge in [-0.15, -0.1) is 11.3 Å². The Morgan fingerprint density at radius 2 is 2.62 bits per heavy atom. The van der Waals surface area contributed by atoms with Gasteiger partial charge in [0, 0.05) is 25.0 Å². The van der Waals surface area contributed by atoms with Crippen LogP contribution in [0.5, 0.6) is 0 Å².